The molecule has 1 aliphatic rings. The number of rotatable bonds is 4. The average Bonchev–Trinajstić information content (AvgIpc) is 3.59. The summed E-state index contributed by atoms with van der Waals surface area (Å²) in [5, 5.41) is 13.7. The first-order chi connectivity index (χ1) is 15.6. The molecule has 1 amide bonds. The Balaban J connectivity index is 1.26. The third-order valence-corrected chi connectivity index (χ3v) is 5.64. The number of aromatic nitrogens is 3. The Morgan fingerprint density at radius 1 is 1.12 bits per heavy atom. The zero-order chi connectivity index (χ0) is 22.1. The molecule has 10 heteroatoms. The van der Waals surface area contributed by atoms with Crippen molar-refractivity contribution in [3.8, 4) is 23.4 Å². The predicted octanol–water partition coefficient (Wildman–Crippen LogP) is 3.72. The van der Waals surface area contributed by atoms with E-state index in [9.17, 15) is 10.1 Å². The topological polar surface area (TPSA) is 104 Å². The maximum absolute atomic E-state index is 13.0. The molecular weight excluding hydrogens is 476 g/mol. The van der Waals surface area contributed by atoms with Crippen molar-refractivity contribution in [2.45, 2.75) is 0 Å². The molecule has 1 aliphatic heterocycles. The van der Waals surface area contributed by atoms with Crippen molar-refractivity contribution in [2.24, 2.45) is 0 Å². The van der Waals surface area contributed by atoms with Crippen LogP contribution in [-0.4, -0.2) is 51.8 Å². The monoisotopic (exact) mass is 492 g/mol. The van der Waals surface area contributed by atoms with Gasteiger partial charge in [-0.2, -0.15) is 15.3 Å². The first-order valence-electron chi connectivity index (χ1n) is 9.92. The van der Waals surface area contributed by atoms with Gasteiger partial charge in [0, 0.05) is 37.9 Å². The molecule has 1 aromatic carbocycles. The van der Waals surface area contributed by atoms with Crippen LogP contribution in [0.3, 0.4) is 0 Å². The summed E-state index contributed by atoms with van der Waals surface area (Å²) in [5.74, 6) is 1.10. The second-order valence-corrected chi connectivity index (χ2v) is 8.11. The predicted molar refractivity (Wildman–Crippen MR) is 118 cm³/mol. The maximum Gasteiger partial charge on any atom is 0.266 e. The lowest BCUT2D eigenvalue weighted by molar-refractivity contribution is 0.0745. The molecular formula is C22H17BrN6O3. The fourth-order valence-electron chi connectivity index (χ4n) is 3.60. The minimum Gasteiger partial charge on any atom is -0.459 e. The molecule has 5 rings (SSSR count). The molecule has 0 radical (unpaired) electrons. The number of furan rings is 1. The fraction of sp³-hybridized carbons (Fsp3) is 0.182. The van der Waals surface area contributed by atoms with Gasteiger partial charge in [0.2, 0.25) is 11.6 Å². The van der Waals surface area contributed by atoms with E-state index in [2.05, 4.69) is 32.1 Å². The van der Waals surface area contributed by atoms with E-state index in [1.807, 2.05) is 23.2 Å². The molecule has 0 aliphatic carbocycles. The van der Waals surface area contributed by atoms with Crippen LogP contribution < -0.4 is 4.90 Å². The van der Waals surface area contributed by atoms with Crippen molar-refractivity contribution in [2.75, 3.05) is 31.1 Å². The van der Waals surface area contributed by atoms with Crippen LogP contribution in [0.25, 0.3) is 17.3 Å². The first-order valence-corrected chi connectivity index (χ1v) is 10.7. The summed E-state index contributed by atoms with van der Waals surface area (Å²) in [7, 11) is 0. The number of hydrogen-bond acceptors (Lipinski definition) is 7. The Bertz CT molecular complexity index is 1280. The van der Waals surface area contributed by atoms with Gasteiger partial charge in [0.1, 0.15) is 6.07 Å². The van der Waals surface area contributed by atoms with Crippen LogP contribution >= 0.6 is 15.9 Å². The zero-order valence-electron chi connectivity index (χ0n) is 16.8. The Labute approximate surface area is 191 Å². The van der Waals surface area contributed by atoms with Crippen molar-refractivity contribution < 1.29 is 13.6 Å². The number of carbonyl (C=O) groups is 1. The average molecular weight is 493 g/mol. The van der Waals surface area contributed by atoms with Gasteiger partial charge >= 0.3 is 0 Å². The number of anilines is 1. The highest BCUT2D eigenvalue weighted by molar-refractivity contribution is 9.10. The molecule has 1 fully saturated rings. The molecule has 32 heavy (non-hydrogen) atoms. The molecule has 0 bridgehead atoms. The van der Waals surface area contributed by atoms with Gasteiger partial charge in [0.05, 0.1) is 22.6 Å². The Hall–Kier alpha value is -3.84. The van der Waals surface area contributed by atoms with E-state index >= 15 is 0 Å². The Kier molecular flexibility index (Phi) is 5.25. The fourth-order valence-corrected chi connectivity index (χ4v) is 3.88. The van der Waals surface area contributed by atoms with Crippen molar-refractivity contribution in [1.29, 1.82) is 5.26 Å². The normalized spacial score (nSPS) is 13.9. The summed E-state index contributed by atoms with van der Waals surface area (Å²) in [6, 6.07) is 12.9. The van der Waals surface area contributed by atoms with Gasteiger partial charge in [-0.1, -0.05) is 0 Å². The van der Waals surface area contributed by atoms with E-state index in [-0.39, 0.29) is 17.5 Å². The van der Waals surface area contributed by atoms with Crippen molar-refractivity contribution in [1.82, 2.24) is 19.7 Å². The number of halogens is 1. The summed E-state index contributed by atoms with van der Waals surface area (Å²) in [6.45, 7) is 2.09. The third-order valence-electron chi connectivity index (χ3n) is 5.23. The minimum absolute atomic E-state index is 0.0350. The van der Waals surface area contributed by atoms with Crippen LogP contribution in [0.4, 0.5) is 5.88 Å². The van der Waals surface area contributed by atoms with Gasteiger partial charge in [0.15, 0.2) is 5.76 Å². The molecule has 0 N–H and O–H groups in total. The van der Waals surface area contributed by atoms with Gasteiger partial charge < -0.3 is 18.6 Å². The number of benzene rings is 1. The van der Waals surface area contributed by atoms with Crippen molar-refractivity contribution >= 4 is 27.7 Å². The van der Waals surface area contributed by atoms with Crippen LogP contribution in [0.2, 0.25) is 0 Å². The largest absolute Gasteiger partial charge is 0.459 e. The highest BCUT2D eigenvalue weighted by Gasteiger charge is 2.27. The number of carbonyl (C=O) groups excluding carboxylic acids is 1. The van der Waals surface area contributed by atoms with E-state index in [4.69, 9.17) is 8.83 Å². The molecule has 4 aromatic rings. The lowest BCUT2D eigenvalue weighted by Gasteiger charge is -2.34. The summed E-state index contributed by atoms with van der Waals surface area (Å²) >= 11 is 3.38. The standard InChI is InChI=1S/C22H17BrN6O3/c23-16-13-25-29(14-16)17-5-3-15(4-6-17)21(30)27-7-9-28(10-8-27)22-18(12-24)26-20(32-22)19-2-1-11-31-19/h1-6,11,13-14H,7-10H2. The van der Waals surface area contributed by atoms with E-state index in [0.29, 0.717) is 43.4 Å². The van der Waals surface area contributed by atoms with Crippen molar-refractivity contribution in [3.63, 3.8) is 0 Å². The molecule has 4 heterocycles. The molecule has 1 saturated heterocycles. The minimum atomic E-state index is -0.0350. The number of hydrogen-bond donors (Lipinski definition) is 0. The second-order valence-electron chi connectivity index (χ2n) is 7.19. The van der Waals surface area contributed by atoms with Crippen LogP contribution in [0.5, 0.6) is 0 Å². The van der Waals surface area contributed by atoms with Gasteiger partial charge in [-0.25, -0.2) is 4.68 Å². The van der Waals surface area contributed by atoms with Gasteiger partial charge in [-0.3, -0.25) is 4.79 Å². The molecule has 3 aromatic heterocycles. The summed E-state index contributed by atoms with van der Waals surface area (Å²) in [5.41, 5.74) is 1.70. The van der Waals surface area contributed by atoms with Crippen molar-refractivity contribution in [3.05, 3.63) is 70.8 Å². The van der Waals surface area contributed by atoms with Crippen LogP contribution in [0.15, 0.2) is 68.4 Å². The summed E-state index contributed by atoms with van der Waals surface area (Å²) < 4.78 is 13.7. The smallest absolute Gasteiger partial charge is 0.266 e. The van der Waals surface area contributed by atoms with Gasteiger partial charge in [0.25, 0.3) is 11.8 Å². The Morgan fingerprint density at radius 3 is 2.53 bits per heavy atom. The highest BCUT2D eigenvalue weighted by atomic mass is 79.9. The summed E-state index contributed by atoms with van der Waals surface area (Å²) in [4.78, 5) is 20.9. The van der Waals surface area contributed by atoms with Crippen LogP contribution in [-0.2, 0) is 0 Å². The van der Waals surface area contributed by atoms with E-state index < -0.39 is 0 Å². The number of nitriles is 1. The first kappa shape index (κ1) is 20.1. The molecule has 0 spiro atoms. The zero-order valence-corrected chi connectivity index (χ0v) is 18.4. The van der Waals surface area contributed by atoms with E-state index in [0.717, 1.165) is 10.2 Å². The summed E-state index contributed by atoms with van der Waals surface area (Å²) in [6.07, 6.45) is 5.09. The third kappa shape index (κ3) is 3.78. The molecule has 0 saturated carbocycles. The lowest BCUT2D eigenvalue weighted by atomic mass is 10.1. The molecule has 0 unspecified atom stereocenters. The number of oxazole rings is 1. The van der Waals surface area contributed by atoms with E-state index in [1.165, 1.54) is 6.26 Å². The molecule has 160 valence electrons. The van der Waals surface area contributed by atoms with Crippen LogP contribution in [0, 0.1) is 11.3 Å². The highest BCUT2D eigenvalue weighted by Crippen LogP contribution is 2.29. The van der Waals surface area contributed by atoms with E-state index in [1.54, 1.807) is 40.0 Å². The SMILES string of the molecule is N#Cc1nc(-c2ccco2)oc1N1CCN(C(=O)c2ccc(-n3cc(Br)cn3)cc2)CC1. The quantitative estimate of drug-likeness (QED) is 0.427. The lowest BCUT2D eigenvalue weighted by Crippen LogP contribution is -2.48. The Morgan fingerprint density at radius 2 is 1.91 bits per heavy atom. The number of piperazine rings is 1. The van der Waals surface area contributed by atoms with Gasteiger partial charge in [-0.15, -0.1) is 0 Å². The van der Waals surface area contributed by atoms with Gasteiger partial charge in [-0.05, 0) is 52.3 Å². The number of nitrogens with zero attached hydrogens (tertiary/aromatic N) is 6. The molecule has 0 atom stereocenters. The number of amides is 1. The molecule has 9 nitrogen and oxygen atoms in total. The second kappa shape index (κ2) is 8.36. The maximum atomic E-state index is 13.0. The van der Waals surface area contributed by atoms with Crippen LogP contribution in [0.1, 0.15) is 16.1 Å².